The van der Waals surface area contributed by atoms with E-state index in [0.29, 0.717) is 12.8 Å². The van der Waals surface area contributed by atoms with Crippen molar-refractivity contribution in [3.8, 4) is 0 Å². The van der Waals surface area contributed by atoms with Gasteiger partial charge in [0.2, 0.25) is 0 Å². The maximum Gasteiger partial charge on any atom is 0.303 e. The molecule has 4 heteroatoms. The molecule has 0 aromatic rings. The van der Waals surface area contributed by atoms with Crippen molar-refractivity contribution < 1.29 is 19.8 Å². The van der Waals surface area contributed by atoms with Crippen LogP contribution < -0.4 is 0 Å². The summed E-state index contributed by atoms with van der Waals surface area (Å²) < 4.78 is 0. The first-order valence-electron chi connectivity index (χ1n) is 8.98. The molecule has 0 radical (unpaired) electrons. The lowest BCUT2D eigenvalue weighted by Crippen LogP contribution is -1.95. The van der Waals surface area contributed by atoms with E-state index in [1.54, 1.807) is 0 Å². The Labute approximate surface area is 136 Å². The molecule has 0 unspecified atom stereocenters. The van der Waals surface area contributed by atoms with Gasteiger partial charge in [-0.2, -0.15) is 0 Å². The van der Waals surface area contributed by atoms with Gasteiger partial charge in [0, 0.05) is 12.8 Å². The molecule has 0 aliphatic heterocycles. The minimum absolute atomic E-state index is 0.221. The van der Waals surface area contributed by atoms with E-state index >= 15 is 0 Å². The van der Waals surface area contributed by atoms with Crippen molar-refractivity contribution in [2.24, 2.45) is 0 Å². The highest BCUT2D eigenvalue weighted by Gasteiger charge is 1.98. The number of hydrogen-bond donors (Lipinski definition) is 2. The molecule has 0 aromatic heterocycles. The average Bonchev–Trinajstić information content (AvgIpc) is 2.46. The van der Waals surface area contributed by atoms with E-state index < -0.39 is 11.9 Å². The van der Waals surface area contributed by atoms with Crippen LogP contribution in [-0.2, 0) is 9.59 Å². The lowest BCUT2D eigenvalue weighted by molar-refractivity contribution is -0.138. The van der Waals surface area contributed by atoms with Crippen molar-refractivity contribution in [1.29, 1.82) is 0 Å². The van der Waals surface area contributed by atoms with Gasteiger partial charge >= 0.3 is 11.9 Å². The summed E-state index contributed by atoms with van der Waals surface area (Å²) >= 11 is 0. The van der Waals surface area contributed by atoms with E-state index in [4.69, 9.17) is 10.2 Å². The second-order valence-electron chi connectivity index (χ2n) is 5.82. The Hall–Kier alpha value is -1.06. The van der Waals surface area contributed by atoms with Crippen molar-refractivity contribution in [3.05, 3.63) is 0 Å². The van der Waals surface area contributed by atoms with Gasteiger partial charge in [-0.15, -0.1) is 0 Å². The first-order chi connectivity index (χ1) is 10.5. The van der Waals surface area contributed by atoms with Crippen molar-refractivity contribution in [1.82, 2.24) is 0 Å². The Morgan fingerprint density at radius 3 is 1.09 bits per heavy atom. The van der Waals surface area contributed by atoms with E-state index in [2.05, 4.69) is 13.8 Å². The normalized spacial score (nSPS) is 9.91. The molecule has 0 amide bonds. The fraction of sp³-hybridized carbons (Fsp3) is 0.889. The summed E-state index contributed by atoms with van der Waals surface area (Å²) in [5.74, 6) is -1.52. The van der Waals surface area contributed by atoms with Gasteiger partial charge in [-0.3, -0.25) is 9.59 Å². The molecule has 0 atom stereocenters. The van der Waals surface area contributed by atoms with Crippen LogP contribution in [-0.4, -0.2) is 22.2 Å². The second-order valence-corrected chi connectivity index (χ2v) is 5.82. The number of rotatable bonds is 14. The van der Waals surface area contributed by atoms with Gasteiger partial charge in [0.1, 0.15) is 0 Å². The van der Waals surface area contributed by atoms with Crippen molar-refractivity contribution >= 4 is 11.9 Å². The first kappa shape index (κ1) is 23.2. The maximum atomic E-state index is 10.1. The van der Waals surface area contributed by atoms with Gasteiger partial charge in [-0.25, -0.2) is 0 Å². The summed E-state index contributed by atoms with van der Waals surface area (Å²) in [6, 6.07) is 0. The topological polar surface area (TPSA) is 74.6 Å². The molecule has 22 heavy (non-hydrogen) atoms. The minimum atomic E-state index is -0.759. The van der Waals surface area contributed by atoms with Crippen LogP contribution in [0.5, 0.6) is 0 Å². The van der Waals surface area contributed by atoms with Crippen LogP contribution in [0.2, 0.25) is 0 Å². The molecule has 0 saturated carbocycles. The smallest absolute Gasteiger partial charge is 0.303 e. The zero-order chi connectivity index (χ0) is 17.1. The quantitative estimate of drug-likeness (QED) is 0.406. The number of carbonyl (C=O) groups is 2. The lowest BCUT2D eigenvalue weighted by atomic mass is 10.1. The lowest BCUT2D eigenvalue weighted by Gasteiger charge is -1.97. The van der Waals surface area contributed by atoms with Crippen LogP contribution in [0, 0.1) is 0 Å². The number of carboxylic acids is 2. The third kappa shape index (κ3) is 27.3. The van der Waals surface area contributed by atoms with E-state index in [1.165, 1.54) is 44.9 Å². The maximum absolute atomic E-state index is 10.1. The molecule has 4 nitrogen and oxygen atoms in total. The SMILES string of the molecule is CCCCCCCCC.O=C(O)CCCCCCCC(=O)O. The first-order valence-corrected chi connectivity index (χ1v) is 8.98. The highest BCUT2D eigenvalue weighted by Crippen LogP contribution is 2.07. The molecular formula is C18H36O4. The van der Waals surface area contributed by atoms with E-state index in [9.17, 15) is 9.59 Å². The van der Waals surface area contributed by atoms with Crippen LogP contribution in [0.3, 0.4) is 0 Å². The van der Waals surface area contributed by atoms with Crippen LogP contribution in [0.15, 0.2) is 0 Å². The Morgan fingerprint density at radius 2 is 0.818 bits per heavy atom. The Kier molecular flexibility index (Phi) is 21.0. The molecular weight excluding hydrogens is 280 g/mol. The monoisotopic (exact) mass is 316 g/mol. The third-order valence-corrected chi connectivity index (χ3v) is 3.49. The molecule has 0 rings (SSSR count). The van der Waals surface area contributed by atoms with Crippen LogP contribution >= 0.6 is 0 Å². The van der Waals surface area contributed by atoms with Crippen molar-refractivity contribution in [3.63, 3.8) is 0 Å². The molecule has 0 aromatic carbocycles. The Balaban J connectivity index is 0. The highest BCUT2D eigenvalue weighted by molar-refractivity contribution is 5.66. The zero-order valence-electron chi connectivity index (χ0n) is 14.6. The van der Waals surface area contributed by atoms with Gasteiger partial charge in [0.15, 0.2) is 0 Å². The van der Waals surface area contributed by atoms with Crippen LogP contribution in [0.4, 0.5) is 0 Å². The highest BCUT2D eigenvalue weighted by atomic mass is 16.4. The summed E-state index contributed by atoms with van der Waals surface area (Å²) in [7, 11) is 0. The minimum Gasteiger partial charge on any atom is -0.481 e. The Bertz CT molecular complexity index is 227. The molecule has 0 heterocycles. The predicted octanol–water partition coefficient (Wildman–Crippen LogP) is 5.64. The average molecular weight is 316 g/mol. The fourth-order valence-electron chi connectivity index (χ4n) is 2.11. The van der Waals surface area contributed by atoms with Gasteiger partial charge in [-0.05, 0) is 12.8 Å². The summed E-state index contributed by atoms with van der Waals surface area (Å²) in [6.45, 7) is 4.53. The number of hydrogen-bond acceptors (Lipinski definition) is 2. The number of unbranched alkanes of at least 4 members (excludes halogenated alkanes) is 10. The van der Waals surface area contributed by atoms with E-state index in [0.717, 1.165) is 19.3 Å². The molecule has 2 N–H and O–H groups in total. The van der Waals surface area contributed by atoms with Crippen LogP contribution in [0.1, 0.15) is 104 Å². The molecule has 132 valence electrons. The number of carboxylic acid groups (broad SMARTS) is 2. The number of aliphatic carboxylic acids is 2. The molecule has 0 saturated heterocycles. The largest absolute Gasteiger partial charge is 0.481 e. The summed E-state index contributed by atoms with van der Waals surface area (Å²) in [6.07, 6.45) is 14.5. The van der Waals surface area contributed by atoms with E-state index in [1.807, 2.05) is 0 Å². The van der Waals surface area contributed by atoms with Gasteiger partial charge in [-0.1, -0.05) is 78.1 Å². The zero-order valence-corrected chi connectivity index (χ0v) is 14.6. The molecule has 0 spiro atoms. The predicted molar refractivity (Wildman–Crippen MR) is 91.3 cm³/mol. The molecule has 0 bridgehead atoms. The summed E-state index contributed by atoms with van der Waals surface area (Å²) in [5, 5.41) is 16.6. The molecule has 0 fully saturated rings. The fourth-order valence-corrected chi connectivity index (χ4v) is 2.11. The van der Waals surface area contributed by atoms with E-state index in [-0.39, 0.29) is 12.8 Å². The van der Waals surface area contributed by atoms with Crippen LogP contribution in [0.25, 0.3) is 0 Å². The Morgan fingerprint density at radius 1 is 0.545 bits per heavy atom. The third-order valence-electron chi connectivity index (χ3n) is 3.49. The molecule has 0 aliphatic carbocycles. The summed E-state index contributed by atoms with van der Waals surface area (Å²) in [4.78, 5) is 20.2. The van der Waals surface area contributed by atoms with Crippen molar-refractivity contribution in [2.75, 3.05) is 0 Å². The molecule has 0 aliphatic rings. The summed E-state index contributed by atoms with van der Waals surface area (Å²) in [5.41, 5.74) is 0. The standard InChI is InChI=1S/C9H16O4.C9H20/c10-8(11)6-4-2-1-3-5-7-9(12)13;1-3-5-7-9-8-6-4-2/h1-7H2,(H,10,11)(H,12,13);3-9H2,1-2H3. The second kappa shape index (κ2) is 19.9. The van der Waals surface area contributed by atoms with Gasteiger partial charge in [0.05, 0.1) is 0 Å². The van der Waals surface area contributed by atoms with Crippen molar-refractivity contribution in [2.45, 2.75) is 104 Å². The van der Waals surface area contributed by atoms with Gasteiger partial charge in [0.25, 0.3) is 0 Å². The van der Waals surface area contributed by atoms with Gasteiger partial charge < -0.3 is 10.2 Å².